The summed E-state index contributed by atoms with van der Waals surface area (Å²) < 4.78 is 0. The highest BCUT2D eigenvalue weighted by molar-refractivity contribution is 14.0. The van der Waals surface area contributed by atoms with E-state index in [-0.39, 0.29) is 24.0 Å². The predicted molar refractivity (Wildman–Crippen MR) is 96.9 cm³/mol. The second-order valence-corrected chi connectivity index (χ2v) is 6.14. The molecule has 1 saturated heterocycles. The Morgan fingerprint density at radius 2 is 1.89 bits per heavy atom. The highest BCUT2D eigenvalue weighted by Gasteiger charge is 2.24. The minimum atomic E-state index is 0. The first kappa shape index (κ1) is 17.1. The molecule has 0 saturated carbocycles. The van der Waals surface area contributed by atoms with Gasteiger partial charge in [0.25, 0.3) is 0 Å². The van der Waals surface area contributed by atoms with Gasteiger partial charge in [-0.05, 0) is 51.9 Å². The summed E-state index contributed by atoms with van der Waals surface area (Å²) in [6, 6.07) is 8.62. The predicted octanol–water partition coefficient (Wildman–Crippen LogP) is 4.34. The summed E-state index contributed by atoms with van der Waals surface area (Å²) in [6.45, 7) is 8.07. The molecule has 108 valence electrons. The molecular formula is C15H25IN2S. The molecule has 0 radical (unpaired) electrons. The summed E-state index contributed by atoms with van der Waals surface area (Å²) in [5, 5.41) is 3.89. The molecule has 0 bridgehead atoms. The van der Waals surface area contributed by atoms with Gasteiger partial charge in [0.1, 0.15) is 0 Å². The number of thioether (sulfide) groups is 1. The van der Waals surface area contributed by atoms with Crippen molar-refractivity contribution in [3.63, 3.8) is 0 Å². The van der Waals surface area contributed by atoms with Crippen LogP contribution in [-0.2, 0) is 0 Å². The van der Waals surface area contributed by atoms with Gasteiger partial charge in [-0.15, -0.1) is 24.0 Å². The van der Waals surface area contributed by atoms with E-state index in [9.17, 15) is 0 Å². The number of para-hydroxylation sites is 1. The van der Waals surface area contributed by atoms with E-state index in [2.05, 4.69) is 48.3 Å². The van der Waals surface area contributed by atoms with Crippen LogP contribution in [0.5, 0.6) is 0 Å². The fourth-order valence-corrected chi connectivity index (χ4v) is 3.69. The Labute approximate surface area is 138 Å². The Hall–Kier alpha value is 0.0600. The molecule has 4 heteroatoms. The largest absolute Gasteiger partial charge is 0.359 e. The van der Waals surface area contributed by atoms with Crippen LogP contribution in [0.3, 0.4) is 0 Å². The summed E-state index contributed by atoms with van der Waals surface area (Å²) >= 11 is 1.95. The SMILES string of the molecule is C1CCNCC1.CCN1c2ccccc2SC1C.I. The van der Waals surface area contributed by atoms with Crippen molar-refractivity contribution in [3.8, 4) is 0 Å². The zero-order valence-electron chi connectivity index (χ0n) is 11.9. The summed E-state index contributed by atoms with van der Waals surface area (Å²) in [5.41, 5.74) is 1.40. The van der Waals surface area contributed by atoms with Crippen molar-refractivity contribution in [2.45, 2.75) is 43.4 Å². The average molecular weight is 392 g/mol. The van der Waals surface area contributed by atoms with Crippen LogP contribution in [0.4, 0.5) is 5.69 Å². The third-order valence-corrected chi connectivity index (χ3v) is 4.65. The normalized spacial score (nSPS) is 20.9. The lowest BCUT2D eigenvalue weighted by Crippen LogP contribution is -2.25. The van der Waals surface area contributed by atoms with E-state index in [4.69, 9.17) is 0 Å². The van der Waals surface area contributed by atoms with Gasteiger partial charge < -0.3 is 10.2 Å². The lowest BCUT2D eigenvalue weighted by Gasteiger charge is -2.21. The monoisotopic (exact) mass is 392 g/mol. The van der Waals surface area contributed by atoms with Crippen molar-refractivity contribution >= 4 is 41.4 Å². The van der Waals surface area contributed by atoms with Crippen LogP contribution in [0.15, 0.2) is 29.2 Å². The van der Waals surface area contributed by atoms with Crippen LogP contribution >= 0.6 is 35.7 Å². The number of piperidine rings is 1. The molecule has 0 amide bonds. The summed E-state index contributed by atoms with van der Waals surface area (Å²) in [4.78, 5) is 3.85. The summed E-state index contributed by atoms with van der Waals surface area (Å²) in [6.07, 6.45) is 4.22. The molecule has 1 aromatic carbocycles. The van der Waals surface area contributed by atoms with Crippen molar-refractivity contribution in [2.24, 2.45) is 0 Å². The van der Waals surface area contributed by atoms with E-state index in [1.165, 1.54) is 42.9 Å². The van der Waals surface area contributed by atoms with Crippen molar-refractivity contribution in [2.75, 3.05) is 24.5 Å². The highest BCUT2D eigenvalue weighted by atomic mass is 127. The highest BCUT2D eigenvalue weighted by Crippen LogP contribution is 2.42. The van der Waals surface area contributed by atoms with Crippen molar-refractivity contribution in [1.82, 2.24) is 5.32 Å². The van der Waals surface area contributed by atoms with Gasteiger partial charge in [-0.3, -0.25) is 0 Å². The van der Waals surface area contributed by atoms with Gasteiger partial charge in [-0.2, -0.15) is 0 Å². The molecule has 1 atom stereocenters. The Balaban J connectivity index is 0.000000220. The molecule has 3 rings (SSSR count). The molecule has 1 aromatic rings. The number of rotatable bonds is 1. The smallest absolute Gasteiger partial charge is 0.0769 e. The Bertz CT molecular complexity index is 357. The zero-order chi connectivity index (χ0) is 12.8. The van der Waals surface area contributed by atoms with Gasteiger partial charge in [-0.1, -0.05) is 30.3 Å². The van der Waals surface area contributed by atoms with Crippen LogP contribution < -0.4 is 10.2 Å². The van der Waals surface area contributed by atoms with E-state index in [0.29, 0.717) is 5.37 Å². The van der Waals surface area contributed by atoms with E-state index in [0.717, 1.165) is 6.54 Å². The maximum atomic E-state index is 3.28. The molecule has 2 aliphatic heterocycles. The second-order valence-electron chi connectivity index (χ2n) is 4.78. The zero-order valence-corrected chi connectivity index (χ0v) is 15.0. The summed E-state index contributed by atoms with van der Waals surface area (Å²) in [7, 11) is 0. The molecule has 2 heterocycles. The van der Waals surface area contributed by atoms with Gasteiger partial charge in [0.2, 0.25) is 0 Å². The Kier molecular flexibility index (Phi) is 8.18. The van der Waals surface area contributed by atoms with E-state index < -0.39 is 0 Å². The second kappa shape index (κ2) is 9.08. The lowest BCUT2D eigenvalue weighted by atomic mass is 10.2. The quantitative estimate of drug-likeness (QED) is 0.716. The number of halogens is 1. The van der Waals surface area contributed by atoms with E-state index >= 15 is 0 Å². The van der Waals surface area contributed by atoms with Crippen molar-refractivity contribution < 1.29 is 0 Å². The summed E-state index contributed by atoms with van der Waals surface area (Å²) in [5.74, 6) is 0. The van der Waals surface area contributed by atoms with Crippen LogP contribution in [0.2, 0.25) is 0 Å². The molecule has 1 N–H and O–H groups in total. The van der Waals surface area contributed by atoms with Gasteiger partial charge in [-0.25, -0.2) is 0 Å². The number of nitrogens with one attached hydrogen (secondary N) is 1. The number of hydrogen-bond donors (Lipinski definition) is 1. The first-order valence-corrected chi connectivity index (χ1v) is 7.94. The number of anilines is 1. The van der Waals surface area contributed by atoms with Gasteiger partial charge in [0.15, 0.2) is 0 Å². The van der Waals surface area contributed by atoms with Gasteiger partial charge in [0.05, 0.1) is 11.1 Å². The standard InChI is InChI=1S/C10H13NS.C5H11N.HI/c1-3-11-8(2)12-10-7-5-4-6-9(10)11;1-2-4-6-5-3-1;/h4-8H,3H2,1-2H3;6H,1-5H2;1H. The van der Waals surface area contributed by atoms with Crippen LogP contribution in [0, 0.1) is 0 Å². The van der Waals surface area contributed by atoms with Gasteiger partial charge >= 0.3 is 0 Å². The fourth-order valence-electron chi connectivity index (χ4n) is 2.47. The number of hydrogen-bond acceptors (Lipinski definition) is 3. The Morgan fingerprint density at radius 3 is 2.42 bits per heavy atom. The maximum Gasteiger partial charge on any atom is 0.0769 e. The minimum absolute atomic E-state index is 0. The third kappa shape index (κ3) is 4.83. The van der Waals surface area contributed by atoms with Crippen LogP contribution in [-0.4, -0.2) is 25.0 Å². The van der Waals surface area contributed by atoms with Crippen LogP contribution in [0.25, 0.3) is 0 Å². The van der Waals surface area contributed by atoms with Gasteiger partial charge in [0, 0.05) is 11.4 Å². The molecule has 19 heavy (non-hydrogen) atoms. The van der Waals surface area contributed by atoms with Crippen molar-refractivity contribution in [3.05, 3.63) is 24.3 Å². The van der Waals surface area contributed by atoms with E-state index in [1.807, 2.05) is 11.8 Å². The number of fused-ring (bicyclic) bond motifs is 1. The van der Waals surface area contributed by atoms with Crippen molar-refractivity contribution in [1.29, 1.82) is 0 Å². The first-order chi connectivity index (χ1) is 8.83. The number of benzene rings is 1. The fraction of sp³-hybridized carbons (Fsp3) is 0.600. The molecule has 0 spiro atoms. The lowest BCUT2D eigenvalue weighted by molar-refractivity contribution is 0.520. The molecular weight excluding hydrogens is 367 g/mol. The van der Waals surface area contributed by atoms with E-state index in [1.54, 1.807) is 0 Å². The van der Waals surface area contributed by atoms with Crippen LogP contribution in [0.1, 0.15) is 33.1 Å². The molecule has 1 unspecified atom stereocenters. The Morgan fingerprint density at radius 1 is 1.21 bits per heavy atom. The first-order valence-electron chi connectivity index (χ1n) is 7.06. The molecule has 1 fully saturated rings. The number of nitrogens with zero attached hydrogens (tertiary/aromatic N) is 1. The maximum absolute atomic E-state index is 3.28. The minimum Gasteiger partial charge on any atom is -0.359 e. The third-order valence-electron chi connectivity index (χ3n) is 3.46. The molecule has 0 aliphatic carbocycles. The molecule has 2 nitrogen and oxygen atoms in total. The molecule has 0 aromatic heterocycles. The molecule has 2 aliphatic rings. The average Bonchev–Trinajstić information content (AvgIpc) is 2.76. The topological polar surface area (TPSA) is 15.3 Å².